The molecule has 0 saturated carbocycles. The lowest BCUT2D eigenvalue weighted by molar-refractivity contribution is 0.0161. The van der Waals surface area contributed by atoms with Crippen molar-refractivity contribution in [3.63, 3.8) is 0 Å². The molecule has 136 valence electrons. The van der Waals surface area contributed by atoms with Crippen LogP contribution in [0, 0.1) is 0 Å². The number of hydrogen-bond acceptors (Lipinski definition) is 5. The second-order valence-electron chi connectivity index (χ2n) is 5.81. The van der Waals surface area contributed by atoms with Crippen molar-refractivity contribution in [2.45, 2.75) is 18.9 Å². The zero-order valence-corrected chi connectivity index (χ0v) is 15.3. The summed E-state index contributed by atoms with van der Waals surface area (Å²) in [6, 6.07) is 10.6. The molecule has 0 spiro atoms. The molecule has 26 heavy (non-hydrogen) atoms. The summed E-state index contributed by atoms with van der Waals surface area (Å²) in [7, 11) is 0. The van der Waals surface area contributed by atoms with Gasteiger partial charge in [0, 0.05) is 16.7 Å². The van der Waals surface area contributed by atoms with Crippen LogP contribution in [0.5, 0.6) is 5.75 Å². The summed E-state index contributed by atoms with van der Waals surface area (Å²) in [6.07, 6.45) is 1.81. The van der Waals surface area contributed by atoms with E-state index in [1.54, 1.807) is 18.2 Å². The van der Waals surface area contributed by atoms with E-state index in [0.29, 0.717) is 16.7 Å². The molecule has 1 unspecified atom stereocenters. The van der Waals surface area contributed by atoms with E-state index in [4.69, 9.17) is 37.4 Å². The van der Waals surface area contributed by atoms with E-state index in [0.717, 1.165) is 12.8 Å². The fourth-order valence-electron chi connectivity index (χ4n) is 2.55. The maximum Gasteiger partial charge on any atom is 0.343 e. The van der Waals surface area contributed by atoms with Crippen molar-refractivity contribution in [2.75, 3.05) is 13.2 Å². The second kappa shape index (κ2) is 8.54. The van der Waals surface area contributed by atoms with Gasteiger partial charge in [-0.3, -0.25) is 0 Å². The lowest BCUT2D eigenvalue weighted by Crippen LogP contribution is -2.18. The minimum absolute atomic E-state index is 0.0486. The Morgan fingerprint density at radius 2 is 1.81 bits per heavy atom. The quantitative estimate of drug-likeness (QED) is 0.549. The topological polar surface area (TPSA) is 61.8 Å². The zero-order valence-electron chi connectivity index (χ0n) is 13.7. The molecule has 1 heterocycles. The fourth-order valence-corrected chi connectivity index (χ4v) is 3.08. The zero-order chi connectivity index (χ0) is 18.5. The van der Waals surface area contributed by atoms with E-state index in [-0.39, 0.29) is 29.6 Å². The largest absolute Gasteiger partial charge is 0.459 e. The van der Waals surface area contributed by atoms with E-state index < -0.39 is 11.9 Å². The normalized spacial score (nSPS) is 16.3. The van der Waals surface area contributed by atoms with Gasteiger partial charge in [-0.25, -0.2) is 9.59 Å². The standard InChI is InChI=1S/C19H16Cl2O5/c20-14-7-13(8-15(21)10-14)19(23)26-16-4-1-3-12(9-16)18(22)25-11-17-5-2-6-24-17/h1,3-4,7-10,17H,2,5-6,11H2. The lowest BCUT2D eigenvalue weighted by atomic mass is 10.2. The van der Waals surface area contributed by atoms with Gasteiger partial charge in [0.05, 0.1) is 17.2 Å². The van der Waals surface area contributed by atoms with E-state index >= 15 is 0 Å². The minimum Gasteiger partial charge on any atom is -0.459 e. The highest BCUT2D eigenvalue weighted by Gasteiger charge is 2.19. The first-order valence-electron chi connectivity index (χ1n) is 8.08. The molecule has 2 aromatic carbocycles. The van der Waals surface area contributed by atoms with Crippen LogP contribution in [-0.4, -0.2) is 31.3 Å². The highest BCUT2D eigenvalue weighted by Crippen LogP contribution is 2.22. The predicted octanol–water partition coefficient (Wildman–Crippen LogP) is 4.55. The number of carbonyl (C=O) groups is 2. The van der Waals surface area contributed by atoms with Gasteiger partial charge < -0.3 is 14.2 Å². The molecule has 1 aliphatic rings. The van der Waals surface area contributed by atoms with Gasteiger partial charge in [0.2, 0.25) is 0 Å². The number of hydrogen-bond donors (Lipinski definition) is 0. The van der Waals surface area contributed by atoms with Crippen LogP contribution in [0.1, 0.15) is 33.6 Å². The lowest BCUT2D eigenvalue weighted by Gasteiger charge is -2.11. The van der Waals surface area contributed by atoms with Crippen LogP contribution in [-0.2, 0) is 9.47 Å². The molecule has 1 aliphatic heterocycles. The van der Waals surface area contributed by atoms with Crippen molar-refractivity contribution < 1.29 is 23.8 Å². The van der Waals surface area contributed by atoms with Crippen molar-refractivity contribution in [3.8, 4) is 5.75 Å². The Labute approximate surface area is 160 Å². The van der Waals surface area contributed by atoms with Gasteiger partial charge >= 0.3 is 11.9 Å². The number of halogens is 2. The SMILES string of the molecule is O=C(OCC1CCCO1)c1cccc(OC(=O)c2cc(Cl)cc(Cl)c2)c1. The molecule has 7 heteroatoms. The fraction of sp³-hybridized carbons (Fsp3) is 0.263. The molecule has 1 saturated heterocycles. The number of carbonyl (C=O) groups excluding carboxylic acids is 2. The van der Waals surface area contributed by atoms with Crippen LogP contribution in [0.25, 0.3) is 0 Å². The van der Waals surface area contributed by atoms with Gasteiger partial charge in [0.1, 0.15) is 12.4 Å². The summed E-state index contributed by atoms with van der Waals surface area (Å²) in [5.41, 5.74) is 0.506. The smallest absolute Gasteiger partial charge is 0.343 e. The Balaban J connectivity index is 1.64. The molecule has 0 N–H and O–H groups in total. The molecule has 0 aromatic heterocycles. The first kappa shape index (κ1) is 18.7. The average molecular weight is 395 g/mol. The highest BCUT2D eigenvalue weighted by atomic mass is 35.5. The molecular weight excluding hydrogens is 379 g/mol. The van der Waals surface area contributed by atoms with Crippen LogP contribution in [0.15, 0.2) is 42.5 Å². The maximum atomic E-state index is 12.2. The van der Waals surface area contributed by atoms with Crippen LogP contribution in [0.2, 0.25) is 10.0 Å². The van der Waals surface area contributed by atoms with E-state index in [1.807, 2.05) is 0 Å². The third kappa shape index (κ3) is 4.97. The summed E-state index contributed by atoms with van der Waals surface area (Å²) >= 11 is 11.8. The molecule has 1 fully saturated rings. The minimum atomic E-state index is -0.626. The van der Waals surface area contributed by atoms with Gasteiger partial charge in [-0.15, -0.1) is 0 Å². The van der Waals surface area contributed by atoms with Gasteiger partial charge in [-0.05, 0) is 49.2 Å². The summed E-state index contributed by atoms with van der Waals surface area (Å²) in [5.74, 6) is -0.902. The summed E-state index contributed by atoms with van der Waals surface area (Å²) < 4.78 is 16.0. The summed E-state index contributed by atoms with van der Waals surface area (Å²) in [5, 5.41) is 0.659. The number of benzene rings is 2. The summed E-state index contributed by atoms with van der Waals surface area (Å²) in [4.78, 5) is 24.4. The molecule has 0 radical (unpaired) electrons. The Morgan fingerprint density at radius 3 is 2.50 bits per heavy atom. The molecule has 2 aromatic rings. The van der Waals surface area contributed by atoms with Gasteiger partial charge in [-0.2, -0.15) is 0 Å². The molecular formula is C19H16Cl2O5. The Bertz CT molecular complexity index is 795. The summed E-state index contributed by atoms with van der Waals surface area (Å²) in [6.45, 7) is 0.908. The Kier molecular flexibility index (Phi) is 6.14. The van der Waals surface area contributed by atoms with Crippen molar-refractivity contribution >= 4 is 35.1 Å². The maximum absolute atomic E-state index is 12.2. The number of rotatable bonds is 5. The van der Waals surface area contributed by atoms with Crippen molar-refractivity contribution in [3.05, 3.63) is 63.6 Å². The van der Waals surface area contributed by atoms with Crippen LogP contribution >= 0.6 is 23.2 Å². The van der Waals surface area contributed by atoms with E-state index in [9.17, 15) is 9.59 Å². The number of ether oxygens (including phenoxy) is 3. The van der Waals surface area contributed by atoms with E-state index in [2.05, 4.69) is 0 Å². The molecule has 0 bridgehead atoms. The molecule has 0 amide bonds. The van der Waals surface area contributed by atoms with Crippen LogP contribution in [0.3, 0.4) is 0 Å². The molecule has 0 aliphatic carbocycles. The van der Waals surface area contributed by atoms with Crippen LogP contribution < -0.4 is 4.74 Å². The first-order valence-corrected chi connectivity index (χ1v) is 8.84. The van der Waals surface area contributed by atoms with Crippen LogP contribution in [0.4, 0.5) is 0 Å². The predicted molar refractivity (Wildman–Crippen MR) is 97.1 cm³/mol. The molecule has 3 rings (SSSR count). The third-order valence-electron chi connectivity index (χ3n) is 3.80. The Hall–Kier alpha value is -2.08. The third-order valence-corrected chi connectivity index (χ3v) is 4.24. The van der Waals surface area contributed by atoms with Crippen molar-refractivity contribution in [2.24, 2.45) is 0 Å². The molecule has 1 atom stereocenters. The van der Waals surface area contributed by atoms with E-state index in [1.165, 1.54) is 24.3 Å². The number of esters is 2. The Morgan fingerprint density at radius 1 is 1.04 bits per heavy atom. The molecule has 5 nitrogen and oxygen atoms in total. The highest BCUT2D eigenvalue weighted by molar-refractivity contribution is 6.35. The monoisotopic (exact) mass is 394 g/mol. The van der Waals surface area contributed by atoms with Crippen molar-refractivity contribution in [1.29, 1.82) is 0 Å². The second-order valence-corrected chi connectivity index (χ2v) is 6.68. The van der Waals surface area contributed by atoms with Gasteiger partial charge in [0.25, 0.3) is 0 Å². The first-order chi connectivity index (χ1) is 12.5. The van der Waals surface area contributed by atoms with Gasteiger partial charge in [0.15, 0.2) is 0 Å². The average Bonchev–Trinajstić information content (AvgIpc) is 3.12. The van der Waals surface area contributed by atoms with Crippen molar-refractivity contribution in [1.82, 2.24) is 0 Å². The van der Waals surface area contributed by atoms with Gasteiger partial charge in [-0.1, -0.05) is 29.3 Å².